The second-order valence-corrected chi connectivity index (χ2v) is 7.64. The predicted octanol–water partition coefficient (Wildman–Crippen LogP) is 2.19. The molecule has 0 bridgehead atoms. The number of amides is 2. The molecule has 2 unspecified atom stereocenters. The molecule has 0 radical (unpaired) electrons. The van der Waals surface area contributed by atoms with Crippen LogP contribution in [0.5, 0.6) is 0 Å². The van der Waals surface area contributed by atoms with Crippen LogP contribution in [0.4, 0.5) is 0 Å². The first-order valence-electron chi connectivity index (χ1n) is 10.6. The lowest BCUT2D eigenvalue weighted by Gasteiger charge is -2.23. The zero-order chi connectivity index (χ0) is 26.2. The molecule has 11 heteroatoms. The molecule has 0 aliphatic rings. The number of carboxylic acid groups (broad SMARTS) is 1. The molecule has 2 aromatic carbocycles. The maximum Gasteiger partial charge on any atom is 0.349 e. The Labute approximate surface area is 205 Å². The second kappa shape index (κ2) is 11.5. The van der Waals surface area contributed by atoms with Gasteiger partial charge in [-0.15, -0.1) is 0 Å². The number of hydrazine groups is 1. The Hall–Kier alpha value is -4.93. The van der Waals surface area contributed by atoms with Gasteiger partial charge in [0.25, 0.3) is 5.91 Å². The number of hydrogen-bond acceptors (Lipinski definition) is 8. The predicted molar refractivity (Wildman–Crippen MR) is 123 cm³/mol. The molecule has 0 saturated heterocycles. The summed E-state index contributed by atoms with van der Waals surface area (Å²) in [4.78, 5) is 62.2. The fourth-order valence-corrected chi connectivity index (χ4v) is 2.90. The Morgan fingerprint density at radius 2 is 1.25 bits per heavy atom. The van der Waals surface area contributed by atoms with Gasteiger partial charge in [0.15, 0.2) is 5.76 Å². The average molecular weight is 494 g/mol. The number of aryl methyl sites for hydroxylation is 2. The molecule has 2 amide bonds. The molecule has 1 heterocycles. The molecule has 11 nitrogen and oxygen atoms in total. The molecule has 1 aromatic heterocycles. The van der Waals surface area contributed by atoms with Gasteiger partial charge in [-0.3, -0.25) is 20.4 Å². The van der Waals surface area contributed by atoms with Crippen molar-refractivity contribution < 1.29 is 43.0 Å². The molecule has 0 saturated carbocycles. The highest BCUT2D eigenvalue weighted by Crippen LogP contribution is 2.14. The average Bonchev–Trinajstić information content (AvgIpc) is 3.40. The summed E-state index contributed by atoms with van der Waals surface area (Å²) in [6.07, 6.45) is -3.18. The smallest absolute Gasteiger partial charge is 0.349 e. The first-order valence-corrected chi connectivity index (χ1v) is 10.6. The SMILES string of the molecule is Cc1ccc(C(=O)OC(C(=O)O)C(OC(=O)c2ccc(C)cc2)C(=O)NNC(=O)c2ccco2)cc1. The normalized spacial score (nSPS) is 12.1. The zero-order valence-electron chi connectivity index (χ0n) is 19.2. The molecular weight excluding hydrogens is 472 g/mol. The Kier molecular flexibility index (Phi) is 8.18. The third-order valence-corrected chi connectivity index (χ3v) is 4.86. The Balaban J connectivity index is 1.83. The van der Waals surface area contributed by atoms with Crippen molar-refractivity contribution in [1.82, 2.24) is 10.9 Å². The van der Waals surface area contributed by atoms with E-state index in [4.69, 9.17) is 13.9 Å². The molecule has 0 aliphatic heterocycles. The van der Waals surface area contributed by atoms with Gasteiger partial charge in [-0.1, -0.05) is 35.4 Å². The molecule has 186 valence electrons. The van der Waals surface area contributed by atoms with Gasteiger partial charge in [0.2, 0.25) is 12.2 Å². The van der Waals surface area contributed by atoms with Crippen molar-refractivity contribution in [1.29, 1.82) is 0 Å². The van der Waals surface area contributed by atoms with Crippen molar-refractivity contribution >= 4 is 29.7 Å². The third-order valence-electron chi connectivity index (χ3n) is 4.86. The Bertz CT molecular complexity index is 1250. The summed E-state index contributed by atoms with van der Waals surface area (Å²) in [6.45, 7) is 3.58. The molecule has 36 heavy (non-hydrogen) atoms. The van der Waals surface area contributed by atoms with Gasteiger partial charge in [0.1, 0.15) is 0 Å². The minimum Gasteiger partial charge on any atom is -0.478 e. The van der Waals surface area contributed by atoms with Crippen LogP contribution in [0, 0.1) is 13.8 Å². The number of benzene rings is 2. The molecular formula is C25H22N2O9. The van der Waals surface area contributed by atoms with Gasteiger partial charge in [-0.2, -0.15) is 0 Å². The van der Waals surface area contributed by atoms with E-state index in [1.807, 2.05) is 10.9 Å². The lowest BCUT2D eigenvalue weighted by molar-refractivity contribution is -0.159. The van der Waals surface area contributed by atoms with Crippen LogP contribution in [0.25, 0.3) is 0 Å². The van der Waals surface area contributed by atoms with Crippen LogP contribution in [0.3, 0.4) is 0 Å². The van der Waals surface area contributed by atoms with Gasteiger partial charge >= 0.3 is 23.8 Å². The maximum absolute atomic E-state index is 12.9. The van der Waals surface area contributed by atoms with Crippen molar-refractivity contribution in [2.45, 2.75) is 26.1 Å². The summed E-state index contributed by atoms with van der Waals surface area (Å²) < 4.78 is 15.1. The first-order chi connectivity index (χ1) is 17.2. The molecule has 3 N–H and O–H groups in total. The van der Waals surface area contributed by atoms with Gasteiger partial charge in [0, 0.05) is 0 Å². The second-order valence-electron chi connectivity index (χ2n) is 7.64. The summed E-state index contributed by atoms with van der Waals surface area (Å²) in [6, 6.07) is 14.9. The highest BCUT2D eigenvalue weighted by atomic mass is 16.6. The summed E-state index contributed by atoms with van der Waals surface area (Å²) in [5.74, 6) is -6.15. The minimum atomic E-state index is -2.24. The quantitative estimate of drug-likeness (QED) is 0.315. The number of carbonyl (C=O) groups is 5. The summed E-state index contributed by atoms with van der Waals surface area (Å²) in [5, 5.41) is 9.73. The van der Waals surface area contributed by atoms with Crippen LogP contribution in [0.15, 0.2) is 71.3 Å². The largest absolute Gasteiger partial charge is 0.478 e. The fraction of sp³-hybridized carbons (Fsp3) is 0.160. The standard InChI is InChI=1S/C25H22N2O9/c1-14-5-9-16(10-6-14)24(32)35-19(22(29)27-26-21(28)18-4-3-13-34-18)20(23(30)31)36-25(33)17-11-7-15(2)8-12-17/h3-13,19-20H,1-2H3,(H,26,28)(H,27,29)(H,30,31). The van der Waals surface area contributed by atoms with Gasteiger partial charge in [0.05, 0.1) is 17.4 Å². The lowest BCUT2D eigenvalue weighted by atomic mass is 10.1. The number of carbonyl (C=O) groups excluding carboxylic acids is 4. The number of esters is 2. The minimum absolute atomic E-state index is 0.0157. The highest BCUT2D eigenvalue weighted by molar-refractivity contribution is 5.98. The number of rotatable bonds is 8. The Morgan fingerprint density at radius 1 is 0.750 bits per heavy atom. The van der Waals surface area contributed by atoms with Crippen LogP contribution >= 0.6 is 0 Å². The number of ether oxygens (including phenoxy) is 2. The Morgan fingerprint density at radius 3 is 1.69 bits per heavy atom. The van der Waals surface area contributed by atoms with Crippen LogP contribution in [0.2, 0.25) is 0 Å². The number of hydrogen-bond donors (Lipinski definition) is 3. The topological polar surface area (TPSA) is 161 Å². The van der Waals surface area contributed by atoms with Gasteiger partial charge in [-0.05, 0) is 50.2 Å². The van der Waals surface area contributed by atoms with Gasteiger partial charge in [-0.25, -0.2) is 14.4 Å². The number of nitrogens with one attached hydrogen (secondary N) is 2. The first kappa shape index (κ1) is 25.7. The number of furan rings is 1. The monoisotopic (exact) mass is 494 g/mol. The summed E-state index contributed by atoms with van der Waals surface area (Å²) >= 11 is 0. The van der Waals surface area contributed by atoms with Crippen LogP contribution < -0.4 is 10.9 Å². The van der Waals surface area contributed by atoms with Crippen LogP contribution in [-0.2, 0) is 19.1 Å². The van der Waals surface area contributed by atoms with Crippen molar-refractivity contribution in [2.24, 2.45) is 0 Å². The van der Waals surface area contributed by atoms with E-state index in [9.17, 15) is 29.1 Å². The molecule has 3 rings (SSSR count). The van der Waals surface area contributed by atoms with Crippen molar-refractivity contribution in [3.05, 3.63) is 94.9 Å². The van der Waals surface area contributed by atoms with E-state index in [-0.39, 0.29) is 16.9 Å². The number of aliphatic carboxylic acids is 1. The number of carboxylic acids is 1. The molecule has 2 atom stereocenters. The van der Waals surface area contributed by atoms with E-state index in [0.29, 0.717) is 0 Å². The molecule has 3 aromatic rings. The molecule has 0 aliphatic carbocycles. The van der Waals surface area contributed by atoms with E-state index in [1.165, 1.54) is 42.7 Å². The van der Waals surface area contributed by atoms with Crippen LogP contribution in [0.1, 0.15) is 42.4 Å². The van der Waals surface area contributed by atoms with Crippen molar-refractivity contribution in [2.75, 3.05) is 0 Å². The highest BCUT2D eigenvalue weighted by Gasteiger charge is 2.41. The van der Waals surface area contributed by atoms with Crippen LogP contribution in [-0.4, -0.2) is 47.0 Å². The summed E-state index contributed by atoms with van der Waals surface area (Å²) in [7, 11) is 0. The third kappa shape index (κ3) is 6.56. The van der Waals surface area contributed by atoms with E-state index in [0.717, 1.165) is 11.1 Å². The van der Waals surface area contributed by atoms with Gasteiger partial charge < -0.3 is 19.0 Å². The lowest BCUT2D eigenvalue weighted by Crippen LogP contribution is -2.54. The van der Waals surface area contributed by atoms with E-state index < -0.39 is 41.9 Å². The molecule has 0 fully saturated rings. The molecule has 0 spiro atoms. The zero-order valence-corrected chi connectivity index (χ0v) is 19.2. The fourth-order valence-electron chi connectivity index (χ4n) is 2.90. The van der Waals surface area contributed by atoms with E-state index in [1.54, 1.807) is 38.1 Å². The van der Waals surface area contributed by atoms with E-state index >= 15 is 0 Å². The van der Waals surface area contributed by atoms with Crippen molar-refractivity contribution in [3.63, 3.8) is 0 Å². The maximum atomic E-state index is 12.9. The summed E-state index contributed by atoms with van der Waals surface area (Å²) in [5.41, 5.74) is 5.70. The van der Waals surface area contributed by atoms with E-state index in [2.05, 4.69) is 0 Å². The van der Waals surface area contributed by atoms with Crippen molar-refractivity contribution in [3.8, 4) is 0 Å².